The molecule has 0 aliphatic carbocycles. The molecule has 0 bridgehead atoms. The van der Waals surface area contributed by atoms with Crippen LogP contribution < -0.4 is 5.32 Å². The monoisotopic (exact) mass is 267 g/mol. The molecule has 7 heteroatoms. The lowest BCUT2D eigenvalue weighted by atomic mass is 10.2. The summed E-state index contributed by atoms with van der Waals surface area (Å²) in [6.07, 6.45) is 0. The van der Waals surface area contributed by atoms with Crippen molar-refractivity contribution in [1.82, 2.24) is 0 Å². The minimum Gasteiger partial charge on any atom is -0.475 e. The van der Waals surface area contributed by atoms with E-state index in [0.717, 1.165) is 11.3 Å². The van der Waals surface area contributed by atoms with Crippen molar-refractivity contribution in [3.63, 3.8) is 0 Å². The molecule has 0 saturated carbocycles. The number of rotatable bonds is 2. The predicted molar refractivity (Wildman–Crippen MR) is 70.2 cm³/mol. The average molecular weight is 267 g/mol. The number of hydrogen-bond donors (Lipinski definition) is 1. The Labute approximate surface area is 106 Å². The smallest absolute Gasteiger partial charge is 0.368 e. The first-order valence-electron chi connectivity index (χ1n) is 5.42. The van der Waals surface area contributed by atoms with E-state index in [1.807, 2.05) is 31.2 Å². The van der Waals surface area contributed by atoms with Crippen LogP contribution in [0.3, 0.4) is 0 Å². The van der Waals surface area contributed by atoms with E-state index in [0.29, 0.717) is 6.61 Å². The van der Waals surface area contributed by atoms with Crippen LogP contribution in [0.15, 0.2) is 33.1 Å². The minimum atomic E-state index is -3.81. The van der Waals surface area contributed by atoms with E-state index in [4.69, 9.17) is 4.74 Å². The van der Waals surface area contributed by atoms with E-state index in [1.54, 1.807) is 6.92 Å². The van der Waals surface area contributed by atoms with Crippen LogP contribution in [0, 0.1) is 6.92 Å². The van der Waals surface area contributed by atoms with Crippen LogP contribution in [0.5, 0.6) is 0 Å². The Balaban J connectivity index is 2.23. The Hall–Kier alpha value is -1.89. The summed E-state index contributed by atoms with van der Waals surface area (Å²) < 4.78 is 34.6. The lowest BCUT2D eigenvalue weighted by Crippen LogP contribution is -2.23. The van der Waals surface area contributed by atoms with E-state index in [2.05, 4.69) is 14.1 Å². The second-order valence-electron chi connectivity index (χ2n) is 3.71. The molecule has 0 spiro atoms. The Morgan fingerprint density at radius 1 is 1.22 bits per heavy atom. The molecule has 0 radical (unpaired) electrons. The van der Waals surface area contributed by atoms with Crippen LogP contribution >= 0.6 is 0 Å². The van der Waals surface area contributed by atoms with Gasteiger partial charge in [0.15, 0.2) is 0 Å². The van der Waals surface area contributed by atoms with Gasteiger partial charge in [-0.2, -0.15) is 8.42 Å². The van der Waals surface area contributed by atoms with Gasteiger partial charge in [-0.1, -0.05) is 17.7 Å². The van der Waals surface area contributed by atoms with E-state index in [9.17, 15) is 8.42 Å². The van der Waals surface area contributed by atoms with Crippen molar-refractivity contribution in [1.29, 1.82) is 0 Å². The lowest BCUT2D eigenvalue weighted by Gasteiger charge is -2.07. The second kappa shape index (κ2) is 4.77. The Morgan fingerprint density at radius 2 is 1.89 bits per heavy atom. The van der Waals surface area contributed by atoms with Crippen molar-refractivity contribution in [2.24, 2.45) is 8.80 Å². The van der Waals surface area contributed by atoms with Crippen molar-refractivity contribution in [2.45, 2.75) is 13.8 Å². The van der Waals surface area contributed by atoms with E-state index in [-0.39, 0.29) is 11.7 Å². The summed E-state index contributed by atoms with van der Waals surface area (Å²) in [5.41, 5.74) is 1.84. The molecule has 18 heavy (non-hydrogen) atoms. The molecule has 1 aromatic carbocycles. The quantitative estimate of drug-likeness (QED) is 0.880. The second-order valence-corrected chi connectivity index (χ2v) is 4.97. The first-order chi connectivity index (χ1) is 8.50. The summed E-state index contributed by atoms with van der Waals surface area (Å²) in [6, 6.07) is 7.46. The highest BCUT2D eigenvalue weighted by molar-refractivity contribution is 7.89. The summed E-state index contributed by atoms with van der Waals surface area (Å²) in [7, 11) is -3.81. The van der Waals surface area contributed by atoms with Crippen molar-refractivity contribution >= 4 is 27.6 Å². The Kier molecular flexibility index (Phi) is 3.33. The highest BCUT2D eigenvalue weighted by Crippen LogP contribution is 2.13. The summed E-state index contributed by atoms with van der Waals surface area (Å²) >= 11 is 0. The summed E-state index contributed by atoms with van der Waals surface area (Å²) in [5, 5.41) is 2.87. The summed E-state index contributed by atoms with van der Waals surface area (Å²) in [4.78, 5) is 0. The molecule has 0 fully saturated rings. The third-order valence-electron chi connectivity index (χ3n) is 2.20. The molecular weight excluding hydrogens is 254 g/mol. The van der Waals surface area contributed by atoms with Gasteiger partial charge in [0.05, 0.1) is 6.61 Å². The third kappa shape index (κ3) is 2.86. The number of amidine groups is 1. The third-order valence-corrected chi connectivity index (χ3v) is 3.01. The molecule has 2 rings (SSSR count). The van der Waals surface area contributed by atoms with Gasteiger partial charge in [-0.3, -0.25) is 0 Å². The zero-order valence-corrected chi connectivity index (χ0v) is 10.9. The molecule has 1 heterocycles. The molecule has 0 amide bonds. The number of nitrogens with one attached hydrogen (secondary N) is 1. The predicted octanol–water partition coefficient (Wildman–Crippen LogP) is 1.50. The molecule has 6 nitrogen and oxygen atoms in total. The number of nitrogens with zero attached hydrogens (tertiary/aromatic N) is 2. The number of ether oxygens (including phenoxy) is 1. The Morgan fingerprint density at radius 3 is 2.50 bits per heavy atom. The van der Waals surface area contributed by atoms with E-state index in [1.165, 1.54) is 0 Å². The summed E-state index contributed by atoms with van der Waals surface area (Å²) in [6.45, 7) is 4.04. The zero-order chi connectivity index (χ0) is 13.2. The van der Waals surface area contributed by atoms with Gasteiger partial charge >= 0.3 is 10.2 Å². The summed E-state index contributed by atoms with van der Waals surface area (Å²) in [5.74, 6) is 0.110. The molecule has 0 aromatic heterocycles. The van der Waals surface area contributed by atoms with Crippen LogP contribution in [0.4, 0.5) is 5.69 Å². The van der Waals surface area contributed by atoms with Crippen molar-refractivity contribution < 1.29 is 13.2 Å². The van der Waals surface area contributed by atoms with Gasteiger partial charge in [0.1, 0.15) is 0 Å². The van der Waals surface area contributed by atoms with Gasteiger partial charge < -0.3 is 10.1 Å². The van der Waals surface area contributed by atoms with Crippen LogP contribution in [-0.4, -0.2) is 26.8 Å². The van der Waals surface area contributed by atoms with Crippen LogP contribution in [-0.2, 0) is 14.9 Å². The maximum absolute atomic E-state index is 11.3. The largest absolute Gasteiger partial charge is 0.475 e. The van der Waals surface area contributed by atoms with Crippen molar-refractivity contribution in [3.8, 4) is 0 Å². The molecule has 1 N–H and O–H groups in total. The van der Waals surface area contributed by atoms with E-state index < -0.39 is 10.2 Å². The highest BCUT2D eigenvalue weighted by Gasteiger charge is 2.25. The van der Waals surface area contributed by atoms with Gasteiger partial charge in [-0.05, 0) is 26.0 Å². The topological polar surface area (TPSA) is 80.1 Å². The first kappa shape index (κ1) is 12.6. The molecule has 0 unspecified atom stereocenters. The lowest BCUT2D eigenvalue weighted by molar-refractivity contribution is 0.335. The van der Waals surface area contributed by atoms with Gasteiger partial charge in [0, 0.05) is 5.69 Å². The molecule has 96 valence electrons. The van der Waals surface area contributed by atoms with Crippen LogP contribution in [0.25, 0.3) is 0 Å². The highest BCUT2D eigenvalue weighted by atomic mass is 32.2. The molecule has 0 saturated heterocycles. The zero-order valence-electron chi connectivity index (χ0n) is 10.0. The van der Waals surface area contributed by atoms with E-state index >= 15 is 0 Å². The molecular formula is C11H13N3O3S. The molecule has 1 aliphatic heterocycles. The number of hydrogen-bond acceptors (Lipinski definition) is 4. The maximum Gasteiger partial charge on any atom is 0.368 e. The maximum atomic E-state index is 11.3. The number of aryl methyl sites for hydroxylation is 1. The van der Waals surface area contributed by atoms with Crippen molar-refractivity contribution in [3.05, 3.63) is 29.8 Å². The molecule has 1 aromatic rings. The van der Waals surface area contributed by atoms with Crippen LogP contribution in [0.2, 0.25) is 0 Å². The first-order valence-corrected chi connectivity index (χ1v) is 6.81. The average Bonchev–Trinajstić information content (AvgIpc) is 2.57. The molecule has 1 aliphatic rings. The van der Waals surface area contributed by atoms with Gasteiger partial charge in [0.2, 0.25) is 5.84 Å². The van der Waals surface area contributed by atoms with Gasteiger partial charge in [-0.15, -0.1) is 8.80 Å². The fraction of sp³-hybridized carbons (Fsp3) is 0.273. The van der Waals surface area contributed by atoms with Gasteiger partial charge in [0.25, 0.3) is 5.90 Å². The SMILES string of the molecule is CCOC1=NS(=O)(=O)N=C1Nc1ccc(C)cc1. The van der Waals surface area contributed by atoms with Crippen LogP contribution in [0.1, 0.15) is 12.5 Å². The number of anilines is 1. The minimum absolute atomic E-state index is 0.00178. The van der Waals surface area contributed by atoms with Crippen molar-refractivity contribution in [2.75, 3.05) is 11.9 Å². The number of benzene rings is 1. The fourth-order valence-corrected chi connectivity index (χ4v) is 2.15. The van der Waals surface area contributed by atoms with Gasteiger partial charge in [-0.25, -0.2) is 0 Å². The normalized spacial score (nSPS) is 17.0. The fourth-order valence-electron chi connectivity index (χ4n) is 1.40. The standard InChI is InChI=1S/C11H13N3O3S/c1-3-17-11-10(13-18(15,16)14-11)12-9-6-4-8(2)5-7-9/h4-7H,3H2,1-2H3,(H,12,13). The Bertz CT molecular complexity index is 603. The molecule has 0 atom stereocenters.